The highest BCUT2D eigenvalue weighted by atomic mass is 31.2. The van der Waals surface area contributed by atoms with Gasteiger partial charge in [0.15, 0.2) is 0 Å². The summed E-state index contributed by atoms with van der Waals surface area (Å²) in [7, 11) is 2.91. The van der Waals surface area contributed by atoms with Gasteiger partial charge in [0.1, 0.15) is 19.1 Å². The molecular formula is C26H55NO7P+. The predicted octanol–water partition coefficient (Wildman–Crippen LogP) is 6.11. The molecule has 0 rings (SSSR count). The van der Waals surface area contributed by atoms with Crippen molar-refractivity contribution < 1.29 is 37.3 Å². The molecule has 0 aliphatic heterocycles. The van der Waals surface area contributed by atoms with Gasteiger partial charge < -0.3 is 18.9 Å². The summed E-state index contributed by atoms with van der Waals surface area (Å²) in [4.78, 5) is 21.8. The molecule has 9 heteroatoms. The fourth-order valence-corrected chi connectivity index (χ4v) is 4.38. The van der Waals surface area contributed by atoms with E-state index in [9.17, 15) is 14.3 Å². The second-order valence-corrected chi connectivity index (χ2v) is 12.0. The Bertz CT molecular complexity index is 554. The second-order valence-electron chi connectivity index (χ2n) is 10.5. The number of hydrogen-bond donors (Lipinski definition) is 1. The first-order valence-corrected chi connectivity index (χ1v) is 15.2. The summed E-state index contributed by atoms with van der Waals surface area (Å²) in [6.45, 7) is 3.23. The van der Waals surface area contributed by atoms with E-state index in [1.54, 1.807) is 0 Å². The molecule has 0 saturated heterocycles. The lowest BCUT2D eigenvalue weighted by Gasteiger charge is -2.24. The largest absolute Gasteiger partial charge is 0.472 e. The molecule has 35 heavy (non-hydrogen) atoms. The van der Waals surface area contributed by atoms with Crippen LogP contribution in [0.4, 0.5) is 0 Å². The summed E-state index contributed by atoms with van der Waals surface area (Å²) in [5.41, 5.74) is 0. The van der Waals surface area contributed by atoms with Gasteiger partial charge in [-0.15, -0.1) is 0 Å². The normalized spacial score (nSPS) is 14.6. The lowest BCUT2D eigenvalue weighted by molar-refractivity contribution is -0.870. The molecular weight excluding hydrogens is 469 g/mol. The lowest BCUT2D eigenvalue weighted by atomic mass is 10.0. The van der Waals surface area contributed by atoms with Gasteiger partial charge in [-0.2, -0.15) is 0 Å². The third-order valence-corrected chi connectivity index (χ3v) is 6.94. The monoisotopic (exact) mass is 524 g/mol. The van der Waals surface area contributed by atoms with Gasteiger partial charge >= 0.3 is 13.8 Å². The number of quaternary nitrogens is 1. The van der Waals surface area contributed by atoms with Crippen LogP contribution in [0.25, 0.3) is 0 Å². The number of nitrogens with zero attached hydrogens (tertiary/aromatic N) is 1. The van der Waals surface area contributed by atoms with E-state index in [2.05, 4.69) is 6.92 Å². The van der Waals surface area contributed by atoms with Gasteiger partial charge in [0.05, 0.1) is 41.5 Å². The fraction of sp³-hybridized carbons (Fsp3) is 0.962. The SMILES string of the molecule is CCCCCCCCCCCCCCCCOCC(COP(=O)(O)OCC[N+](C)(C)C)C(=O)OC. The van der Waals surface area contributed by atoms with Crippen LogP contribution in [0.1, 0.15) is 96.8 Å². The summed E-state index contributed by atoms with van der Waals surface area (Å²) in [5.74, 6) is -1.30. The van der Waals surface area contributed by atoms with Crippen molar-refractivity contribution in [1.82, 2.24) is 0 Å². The quantitative estimate of drug-likeness (QED) is 0.0666. The summed E-state index contributed by atoms with van der Waals surface area (Å²) in [6, 6.07) is 0. The van der Waals surface area contributed by atoms with Crippen molar-refractivity contribution in [3.05, 3.63) is 0 Å². The molecule has 0 heterocycles. The Morgan fingerprint density at radius 2 is 1.26 bits per heavy atom. The van der Waals surface area contributed by atoms with Crippen molar-refractivity contribution in [2.24, 2.45) is 5.92 Å². The van der Waals surface area contributed by atoms with E-state index in [0.717, 1.165) is 12.8 Å². The smallest absolute Gasteiger partial charge is 0.469 e. The molecule has 0 fully saturated rings. The number of unbranched alkanes of at least 4 members (excludes halogenated alkanes) is 13. The number of methoxy groups -OCH3 is 1. The molecule has 0 aliphatic rings. The number of rotatable bonds is 25. The maximum atomic E-state index is 12.0. The summed E-state index contributed by atoms with van der Waals surface area (Å²) in [5, 5.41) is 0. The topological polar surface area (TPSA) is 91.3 Å². The highest BCUT2D eigenvalue weighted by molar-refractivity contribution is 7.47. The number of hydrogen-bond acceptors (Lipinski definition) is 6. The molecule has 8 nitrogen and oxygen atoms in total. The fourth-order valence-electron chi connectivity index (χ4n) is 3.63. The molecule has 0 aromatic heterocycles. The minimum Gasteiger partial charge on any atom is -0.469 e. The van der Waals surface area contributed by atoms with E-state index in [4.69, 9.17) is 18.5 Å². The van der Waals surface area contributed by atoms with Crippen LogP contribution in [0.2, 0.25) is 0 Å². The molecule has 2 unspecified atom stereocenters. The third kappa shape index (κ3) is 23.6. The third-order valence-electron chi connectivity index (χ3n) is 5.95. The zero-order valence-corrected chi connectivity index (χ0v) is 24.2. The summed E-state index contributed by atoms with van der Waals surface area (Å²) >= 11 is 0. The van der Waals surface area contributed by atoms with Gasteiger partial charge in [0.25, 0.3) is 0 Å². The highest BCUT2D eigenvalue weighted by Crippen LogP contribution is 2.43. The van der Waals surface area contributed by atoms with Crippen LogP contribution >= 0.6 is 7.82 Å². The Hall–Kier alpha value is -0.500. The van der Waals surface area contributed by atoms with Crippen molar-refractivity contribution in [2.75, 3.05) is 61.2 Å². The molecule has 0 saturated carbocycles. The minimum absolute atomic E-state index is 0.0792. The van der Waals surface area contributed by atoms with Crippen LogP contribution < -0.4 is 0 Å². The van der Waals surface area contributed by atoms with Crippen molar-refractivity contribution in [3.8, 4) is 0 Å². The van der Waals surface area contributed by atoms with Crippen LogP contribution in [-0.2, 0) is 27.9 Å². The van der Waals surface area contributed by atoms with E-state index in [-0.39, 0.29) is 19.8 Å². The minimum atomic E-state index is -4.23. The van der Waals surface area contributed by atoms with Crippen LogP contribution in [0, 0.1) is 5.92 Å². The molecule has 0 amide bonds. The zero-order valence-electron chi connectivity index (χ0n) is 23.3. The van der Waals surface area contributed by atoms with Gasteiger partial charge in [-0.05, 0) is 6.42 Å². The van der Waals surface area contributed by atoms with E-state index >= 15 is 0 Å². The van der Waals surface area contributed by atoms with Gasteiger partial charge in [-0.25, -0.2) is 4.57 Å². The van der Waals surface area contributed by atoms with E-state index in [0.29, 0.717) is 17.6 Å². The second kappa shape index (κ2) is 21.6. The maximum Gasteiger partial charge on any atom is 0.472 e. The first-order chi connectivity index (χ1) is 16.6. The molecule has 0 aromatic carbocycles. The Balaban J connectivity index is 3.80. The van der Waals surface area contributed by atoms with E-state index < -0.39 is 19.7 Å². The average Bonchev–Trinajstić information content (AvgIpc) is 2.79. The Kier molecular flexibility index (Phi) is 21.3. The van der Waals surface area contributed by atoms with Gasteiger partial charge in [-0.3, -0.25) is 13.8 Å². The Morgan fingerprint density at radius 1 is 0.771 bits per heavy atom. The highest BCUT2D eigenvalue weighted by Gasteiger charge is 2.28. The number of carbonyl (C=O) groups is 1. The number of carbonyl (C=O) groups excluding carboxylic acids is 1. The lowest BCUT2D eigenvalue weighted by Crippen LogP contribution is -2.37. The Labute approximate surface area is 215 Å². The molecule has 0 radical (unpaired) electrons. The van der Waals surface area contributed by atoms with Crippen LogP contribution in [-0.4, -0.2) is 76.6 Å². The van der Waals surface area contributed by atoms with Crippen LogP contribution in [0.15, 0.2) is 0 Å². The molecule has 1 N–H and O–H groups in total. The van der Waals surface area contributed by atoms with Crippen LogP contribution in [0.5, 0.6) is 0 Å². The van der Waals surface area contributed by atoms with Crippen molar-refractivity contribution in [1.29, 1.82) is 0 Å². The Morgan fingerprint density at radius 3 is 1.71 bits per heavy atom. The van der Waals surface area contributed by atoms with E-state index in [1.807, 2.05) is 21.1 Å². The molecule has 0 bridgehead atoms. The zero-order chi connectivity index (χ0) is 26.4. The van der Waals surface area contributed by atoms with Crippen molar-refractivity contribution >= 4 is 13.8 Å². The first kappa shape index (κ1) is 34.5. The number of phosphoric acid groups is 1. The van der Waals surface area contributed by atoms with E-state index in [1.165, 1.54) is 84.2 Å². The predicted molar refractivity (Wildman–Crippen MR) is 141 cm³/mol. The first-order valence-electron chi connectivity index (χ1n) is 13.7. The molecule has 0 spiro atoms. The number of ether oxygens (including phenoxy) is 2. The van der Waals surface area contributed by atoms with Gasteiger partial charge in [-0.1, -0.05) is 90.4 Å². The van der Waals surface area contributed by atoms with Gasteiger partial charge in [0, 0.05) is 6.61 Å². The number of likely N-dealkylation sites (N-methyl/N-ethyl adjacent to an activating group) is 1. The number of phosphoric ester groups is 1. The maximum absolute atomic E-state index is 12.0. The standard InChI is InChI=1S/C26H54NO7P/c1-6-7-8-9-10-11-12-13-14-15-16-17-18-19-21-32-23-25(26(28)31-5)24-34-35(29,30)33-22-20-27(2,3)4/h25H,6-24H2,1-5H3/p+1. The summed E-state index contributed by atoms with van der Waals surface area (Å²) in [6.07, 6.45) is 18.1. The van der Waals surface area contributed by atoms with Crippen LogP contribution in [0.3, 0.4) is 0 Å². The van der Waals surface area contributed by atoms with Crippen molar-refractivity contribution in [2.45, 2.75) is 96.8 Å². The number of esters is 1. The molecule has 210 valence electrons. The van der Waals surface area contributed by atoms with Crippen molar-refractivity contribution in [3.63, 3.8) is 0 Å². The molecule has 0 aliphatic carbocycles. The summed E-state index contributed by atoms with van der Waals surface area (Å²) < 4.78 is 33.0. The molecule has 0 aromatic rings. The average molecular weight is 525 g/mol. The molecule has 2 atom stereocenters. The van der Waals surface area contributed by atoms with Gasteiger partial charge in [0.2, 0.25) is 0 Å².